The molecule has 0 saturated heterocycles. The van der Waals surface area contributed by atoms with Gasteiger partial charge >= 0.3 is 0 Å². The first-order valence-corrected chi connectivity index (χ1v) is 6.01. The largest absolute Gasteiger partial charge is 0.494 e. The lowest BCUT2D eigenvalue weighted by atomic mass is 10.2. The van der Waals surface area contributed by atoms with Crippen molar-refractivity contribution in [2.45, 2.75) is 13.5 Å². The summed E-state index contributed by atoms with van der Waals surface area (Å²) in [5.41, 5.74) is 6.06. The predicted octanol–water partition coefficient (Wildman–Crippen LogP) is 0.677. The zero-order valence-electron chi connectivity index (χ0n) is 10.6. The van der Waals surface area contributed by atoms with E-state index in [1.807, 2.05) is 31.2 Å². The molecule has 0 spiro atoms. The SMILES string of the molecule is CCOc1ccccc1CNCCOCC(N)=O. The van der Waals surface area contributed by atoms with Crippen LogP contribution in [-0.4, -0.2) is 32.3 Å². The van der Waals surface area contributed by atoms with Crippen LogP contribution in [-0.2, 0) is 16.1 Å². The number of hydrogen-bond acceptors (Lipinski definition) is 4. The lowest BCUT2D eigenvalue weighted by Crippen LogP contribution is -2.23. The Morgan fingerprint density at radius 3 is 2.89 bits per heavy atom. The highest BCUT2D eigenvalue weighted by Crippen LogP contribution is 2.17. The van der Waals surface area contributed by atoms with E-state index < -0.39 is 5.91 Å². The van der Waals surface area contributed by atoms with Crippen molar-refractivity contribution in [3.8, 4) is 5.75 Å². The van der Waals surface area contributed by atoms with Gasteiger partial charge in [-0.3, -0.25) is 4.79 Å². The van der Waals surface area contributed by atoms with E-state index in [2.05, 4.69) is 5.32 Å². The van der Waals surface area contributed by atoms with Gasteiger partial charge in [-0.25, -0.2) is 0 Å². The third kappa shape index (κ3) is 5.65. The number of carbonyl (C=O) groups excluding carboxylic acids is 1. The fraction of sp³-hybridized carbons (Fsp3) is 0.462. The molecular weight excluding hydrogens is 232 g/mol. The molecule has 0 fully saturated rings. The van der Waals surface area contributed by atoms with Gasteiger partial charge in [0.1, 0.15) is 12.4 Å². The topological polar surface area (TPSA) is 73.6 Å². The Bertz CT molecular complexity index is 369. The zero-order chi connectivity index (χ0) is 13.2. The van der Waals surface area contributed by atoms with Crippen molar-refractivity contribution in [1.29, 1.82) is 0 Å². The minimum atomic E-state index is -0.448. The first-order chi connectivity index (χ1) is 8.74. The monoisotopic (exact) mass is 252 g/mol. The summed E-state index contributed by atoms with van der Waals surface area (Å²) >= 11 is 0. The van der Waals surface area contributed by atoms with Gasteiger partial charge in [-0.15, -0.1) is 0 Å². The molecule has 18 heavy (non-hydrogen) atoms. The Hall–Kier alpha value is -1.59. The Kier molecular flexibility index (Phi) is 6.83. The number of nitrogens with one attached hydrogen (secondary N) is 1. The molecule has 0 bridgehead atoms. The summed E-state index contributed by atoms with van der Waals surface area (Å²) in [5.74, 6) is 0.447. The number of carbonyl (C=O) groups is 1. The standard InChI is InChI=1S/C13H20N2O3/c1-2-18-12-6-4-3-5-11(12)9-15-7-8-17-10-13(14)16/h3-6,15H,2,7-10H2,1H3,(H2,14,16). The molecule has 0 heterocycles. The molecule has 1 aromatic rings. The minimum absolute atomic E-state index is 0.0305. The molecule has 1 aromatic carbocycles. The molecule has 5 heteroatoms. The van der Waals surface area contributed by atoms with Crippen molar-refractivity contribution >= 4 is 5.91 Å². The summed E-state index contributed by atoms with van der Waals surface area (Å²) in [5, 5.41) is 3.22. The molecule has 0 saturated carbocycles. The van der Waals surface area contributed by atoms with E-state index in [-0.39, 0.29) is 6.61 Å². The van der Waals surface area contributed by atoms with Gasteiger partial charge < -0.3 is 20.5 Å². The number of nitrogens with two attached hydrogens (primary N) is 1. The van der Waals surface area contributed by atoms with Gasteiger partial charge in [-0.2, -0.15) is 0 Å². The van der Waals surface area contributed by atoms with Gasteiger partial charge in [0, 0.05) is 18.7 Å². The summed E-state index contributed by atoms with van der Waals surface area (Å²) in [7, 11) is 0. The average molecular weight is 252 g/mol. The molecule has 3 N–H and O–H groups in total. The molecule has 0 aliphatic rings. The number of ether oxygens (including phenoxy) is 2. The van der Waals surface area contributed by atoms with Crippen LogP contribution >= 0.6 is 0 Å². The molecule has 5 nitrogen and oxygen atoms in total. The molecular formula is C13H20N2O3. The van der Waals surface area contributed by atoms with E-state index in [0.29, 0.717) is 26.3 Å². The van der Waals surface area contributed by atoms with E-state index in [1.165, 1.54) is 0 Å². The van der Waals surface area contributed by atoms with Gasteiger partial charge in [0.05, 0.1) is 13.2 Å². The van der Waals surface area contributed by atoms with Crippen molar-refractivity contribution in [3.63, 3.8) is 0 Å². The van der Waals surface area contributed by atoms with Gasteiger partial charge in [-0.05, 0) is 13.0 Å². The number of hydrogen-bond donors (Lipinski definition) is 2. The van der Waals surface area contributed by atoms with Crippen LogP contribution in [0.1, 0.15) is 12.5 Å². The maximum atomic E-state index is 10.4. The molecule has 1 rings (SSSR count). The zero-order valence-corrected chi connectivity index (χ0v) is 10.6. The van der Waals surface area contributed by atoms with E-state index in [1.54, 1.807) is 0 Å². The fourth-order valence-corrected chi connectivity index (χ4v) is 1.49. The summed E-state index contributed by atoms with van der Waals surface area (Å²) in [6.07, 6.45) is 0. The van der Waals surface area contributed by atoms with Gasteiger partial charge in [0.15, 0.2) is 0 Å². The third-order valence-electron chi connectivity index (χ3n) is 2.26. The molecule has 100 valence electrons. The molecule has 1 amide bonds. The van der Waals surface area contributed by atoms with Gasteiger partial charge in [0.25, 0.3) is 0 Å². The summed E-state index contributed by atoms with van der Waals surface area (Å²) in [6, 6.07) is 7.89. The molecule has 0 atom stereocenters. The highest BCUT2D eigenvalue weighted by atomic mass is 16.5. The summed E-state index contributed by atoms with van der Waals surface area (Å²) < 4.78 is 10.6. The molecule has 0 aromatic heterocycles. The molecule has 0 radical (unpaired) electrons. The van der Waals surface area contributed by atoms with Crippen LogP contribution < -0.4 is 15.8 Å². The number of rotatable bonds is 9. The van der Waals surface area contributed by atoms with Crippen molar-refractivity contribution in [2.24, 2.45) is 5.73 Å². The van der Waals surface area contributed by atoms with Crippen molar-refractivity contribution in [2.75, 3.05) is 26.4 Å². The normalized spacial score (nSPS) is 10.3. The van der Waals surface area contributed by atoms with Crippen LogP contribution in [0.2, 0.25) is 0 Å². The van der Waals surface area contributed by atoms with Gasteiger partial charge in [0.2, 0.25) is 5.91 Å². The quantitative estimate of drug-likeness (QED) is 0.634. The van der Waals surface area contributed by atoms with E-state index in [9.17, 15) is 4.79 Å². The summed E-state index contributed by atoms with van der Waals surface area (Å²) in [4.78, 5) is 10.4. The first kappa shape index (κ1) is 14.5. The maximum Gasteiger partial charge on any atom is 0.243 e. The summed E-state index contributed by atoms with van der Waals surface area (Å²) in [6.45, 7) is 4.40. The van der Waals surface area contributed by atoms with Crippen LogP contribution in [0.4, 0.5) is 0 Å². The van der Waals surface area contributed by atoms with Crippen LogP contribution in [0.5, 0.6) is 5.75 Å². The number of para-hydroxylation sites is 1. The predicted molar refractivity (Wildman–Crippen MR) is 69.3 cm³/mol. The van der Waals surface area contributed by atoms with E-state index in [0.717, 1.165) is 11.3 Å². The number of primary amides is 1. The lowest BCUT2D eigenvalue weighted by molar-refractivity contribution is -0.122. The van der Waals surface area contributed by atoms with Crippen molar-refractivity contribution in [3.05, 3.63) is 29.8 Å². The second-order valence-corrected chi connectivity index (χ2v) is 3.74. The Labute approximate surface area is 107 Å². The van der Waals surface area contributed by atoms with E-state index >= 15 is 0 Å². The molecule has 0 aliphatic carbocycles. The highest BCUT2D eigenvalue weighted by Gasteiger charge is 2.01. The van der Waals surface area contributed by atoms with Crippen LogP contribution in [0.15, 0.2) is 24.3 Å². The van der Waals surface area contributed by atoms with Crippen LogP contribution in [0.25, 0.3) is 0 Å². The molecule has 0 aliphatic heterocycles. The lowest BCUT2D eigenvalue weighted by Gasteiger charge is -2.10. The smallest absolute Gasteiger partial charge is 0.243 e. The van der Waals surface area contributed by atoms with E-state index in [4.69, 9.17) is 15.2 Å². The van der Waals surface area contributed by atoms with Crippen molar-refractivity contribution in [1.82, 2.24) is 5.32 Å². The first-order valence-electron chi connectivity index (χ1n) is 6.01. The Balaban J connectivity index is 2.24. The number of benzene rings is 1. The fourth-order valence-electron chi connectivity index (χ4n) is 1.49. The van der Waals surface area contributed by atoms with Crippen LogP contribution in [0, 0.1) is 0 Å². The highest BCUT2D eigenvalue weighted by molar-refractivity contribution is 5.74. The second kappa shape index (κ2) is 8.49. The Morgan fingerprint density at radius 2 is 2.17 bits per heavy atom. The van der Waals surface area contributed by atoms with Gasteiger partial charge in [-0.1, -0.05) is 18.2 Å². The Morgan fingerprint density at radius 1 is 1.39 bits per heavy atom. The van der Waals surface area contributed by atoms with Crippen LogP contribution in [0.3, 0.4) is 0 Å². The number of amides is 1. The maximum absolute atomic E-state index is 10.4. The minimum Gasteiger partial charge on any atom is -0.494 e. The third-order valence-corrected chi connectivity index (χ3v) is 2.26. The van der Waals surface area contributed by atoms with Crippen molar-refractivity contribution < 1.29 is 14.3 Å². The second-order valence-electron chi connectivity index (χ2n) is 3.74. The molecule has 0 unspecified atom stereocenters. The average Bonchev–Trinajstić information content (AvgIpc) is 2.35.